The molecule has 41 heavy (non-hydrogen) atoms. The van der Waals surface area contributed by atoms with E-state index in [1.807, 2.05) is 60.9 Å². The lowest BCUT2D eigenvalue weighted by atomic mass is 10.0. The van der Waals surface area contributed by atoms with Crippen molar-refractivity contribution in [2.24, 2.45) is 5.16 Å². The number of nitrogens with zero attached hydrogens (tertiary/aromatic N) is 1. The van der Waals surface area contributed by atoms with Crippen molar-refractivity contribution in [1.82, 2.24) is 20.6 Å². The second kappa shape index (κ2) is 13.9. The molecule has 218 valence electrons. The summed E-state index contributed by atoms with van der Waals surface area (Å²) in [7, 11) is 1.42. The second-order valence-electron chi connectivity index (χ2n) is 9.94. The average Bonchev–Trinajstić information content (AvgIpc) is 3.58. The van der Waals surface area contributed by atoms with E-state index in [1.165, 1.54) is 14.0 Å². The number of para-hydroxylation sites is 2. The monoisotopic (exact) mass is 563 g/mol. The molecule has 11 heteroatoms. The number of ether oxygens (including phenoxy) is 1. The standard InChI is InChI=1S/C30H37N5O6/c1-18(36)29(38)28(19(2)40-3)35-41-17-27(37)34-26(14-21-16-33-25-11-7-5-9-23(21)25)30(39)31-13-12-20-15-32-24-10-6-4-8-22(20)24/h4-11,15-16,18-19,26,29,32-33,36,38H,12-14,17H2,1-3H3,(H,31,39)(H,34,37)/b35-28-/t18-,19+,26+,29+/m1/s1. The lowest BCUT2D eigenvalue weighted by Gasteiger charge is -2.20. The third-order valence-corrected chi connectivity index (χ3v) is 7.01. The molecule has 0 saturated heterocycles. The average molecular weight is 564 g/mol. The number of amides is 2. The molecule has 4 atom stereocenters. The highest BCUT2D eigenvalue weighted by molar-refractivity contribution is 5.93. The number of fused-ring (bicyclic) bond motifs is 2. The molecule has 2 aromatic carbocycles. The summed E-state index contributed by atoms with van der Waals surface area (Å²) in [5.74, 6) is -0.897. The lowest BCUT2D eigenvalue weighted by Crippen LogP contribution is -2.49. The fraction of sp³-hybridized carbons (Fsp3) is 0.367. The Labute approximate surface area is 237 Å². The summed E-state index contributed by atoms with van der Waals surface area (Å²) in [6.45, 7) is 2.92. The van der Waals surface area contributed by atoms with Crippen molar-refractivity contribution in [3.8, 4) is 0 Å². The van der Waals surface area contributed by atoms with Gasteiger partial charge in [-0.1, -0.05) is 41.6 Å². The highest BCUT2D eigenvalue weighted by Gasteiger charge is 2.26. The van der Waals surface area contributed by atoms with E-state index in [-0.39, 0.29) is 18.0 Å². The number of carbonyl (C=O) groups excluding carboxylic acids is 2. The maximum absolute atomic E-state index is 13.3. The number of hydrogen-bond acceptors (Lipinski definition) is 7. The molecule has 0 radical (unpaired) electrons. The van der Waals surface area contributed by atoms with E-state index in [0.717, 1.165) is 32.9 Å². The van der Waals surface area contributed by atoms with Gasteiger partial charge in [-0.25, -0.2) is 0 Å². The molecule has 0 aliphatic heterocycles. The van der Waals surface area contributed by atoms with Gasteiger partial charge in [-0.3, -0.25) is 9.59 Å². The smallest absolute Gasteiger partial charge is 0.261 e. The molecule has 0 aliphatic rings. The Hall–Kier alpha value is -4.19. The van der Waals surface area contributed by atoms with Gasteiger partial charge in [0, 0.05) is 54.3 Å². The summed E-state index contributed by atoms with van der Waals surface area (Å²) < 4.78 is 5.18. The number of nitrogens with one attached hydrogen (secondary N) is 4. The minimum absolute atomic E-state index is 0.0423. The highest BCUT2D eigenvalue weighted by Crippen LogP contribution is 2.20. The van der Waals surface area contributed by atoms with Crippen molar-refractivity contribution in [3.63, 3.8) is 0 Å². The van der Waals surface area contributed by atoms with Gasteiger partial charge in [0.2, 0.25) is 5.91 Å². The van der Waals surface area contributed by atoms with Gasteiger partial charge in [-0.2, -0.15) is 0 Å². The molecule has 6 N–H and O–H groups in total. The summed E-state index contributed by atoms with van der Waals surface area (Å²) in [5.41, 5.74) is 3.98. The largest absolute Gasteiger partial charge is 0.390 e. The van der Waals surface area contributed by atoms with Crippen molar-refractivity contribution in [2.45, 2.75) is 51.0 Å². The van der Waals surface area contributed by atoms with Crippen molar-refractivity contribution >= 4 is 39.3 Å². The second-order valence-corrected chi connectivity index (χ2v) is 9.94. The molecule has 4 rings (SSSR count). The molecule has 11 nitrogen and oxygen atoms in total. The van der Waals surface area contributed by atoms with Crippen molar-refractivity contribution in [1.29, 1.82) is 0 Å². The van der Waals surface area contributed by atoms with Crippen molar-refractivity contribution in [2.75, 3.05) is 20.3 Å². The number of benzene rings is 2. The highest BCUT2D eigenvalue weighted by atomic mass is 16.6. The fourth-order valence-electron chi connectivity index (χ4n) is 4.65. The number of aliphatic hydroxyl groups excluding tert-OH is 2. The van der Waals surface area contributed by atoms with Gasteiger partial charge in [-0.15, -0.1) is 0 Å². The first-order chi connectivity index (χ1) is 19.8. The number of H-pyrrole nitrogens is 2. The van der Waals surface area contributed by atoms with E-state index < -0.39 is 36.9 Å². The maximum atomic E-state index is 13.3. The van der Waals surface area contributed by atoms with Gasteiger partial charge >= 0.3 is 0 Å². The van der Waals surface area contributed by atoms with Crippen LogP contribution in [0.4, 0.5) is 0 Å². The normalized spacial score (nSPS) is 14.9. The molecule has 0 bridgehead atoms. The Morgan fingerprint density at radius 1 is 0.951 bits per heavy atom. The van der Waals surface area contributed by atoms with Crippen LogP contribution in [0, 0.1) is 0 Å². The number of oxime groups is 1. The van der Waals surface area contributed by atoms with E-state index in [9.17, 15) is 19.8 Å². The van der Waals surface area contributed by atoms with Gasteiger partial charge in [0.15, 0.2) is 6.61 Å². The Kier molecular flexibility index (Phi) is 10.1. The summed E-state index contributed by atoms with van der Waals surface area (Å²) in [5, 5.41) is 31.6. The van der Waals surface area contributed by atoms with E-state index in [0.29, 0.717) is 13.0 Å². The van der Waals surface area contributed by atoms with Crippen LogP contribution in [0.1, 0.15) is 25.0 Å². The zero-order valence-corrected chi connectivity index (χ0v) is 23.4. The molecule has 2 heterocycles. The molecule has 0 spiro atoms. The van der Waals surface area contributed by atoms with Crippen LogP contribution in [0.25, 0.3) is 21.8 Å². The maximum Gasteiger partial charge on any atom is 0.261 e. The number of aromatic amines is 2. The van der Waals surface area contributed by atoms with E-state index in [1.54, 1.807) is 6.92 Å². The van der Waals surface area contributed by atoms with Crippen LogP contribution in [0.5, 0.6) is 0 Å². The van der Waals surface area contributed by atoms with Gasteiger partial charge in [-0.05, 0) is 43.5 Å². The van der Waals surface area contributed by atoms with Crippen LogP contribution in [-0.2, 0) is 32.0 Å². The minimum Gasteiger partial charge on any atom is -0.390 e. The predicted molar refractivity (Wildman–Crippen MR) is 156 cm³/mol. The Bertz CT molecular complexity index is 1490. The molecule has 0 fully saturated rings. The van der Waals surface area contributed by atoms with Crippen LogP contribution in [0.15, 0.2) is 66.1 Å². The molecule has 0 unspecified atom stereocenters. The minimum atomic E-state index is -1.33. The van der Waals surface area contributed by atoms with E-state index >= 15 is 0 Å². The van der Waals surface area contributed by atoms with Gasteiger partial charge in [0.25, 0.3) is 5.91 Å². The molecule has 4 aromatic rings. The van der Waals surface area contributed by atoms with Crippen molar-refractivity contribution < 1.29 is 29.4 Å². The van der Waals surface area contributed by atoms with E-state index in [4.69, 9.17) is 9.57 Å². The summed E-state index contributed by atoms with van der Waals surface area (Å²) in [4.78, 5) is 37.8. The fourth-order valence-corrected chi connectivity index (χ4v) is 4.65. The number of carbonyl (C=O) groups is 2. The van der Waals surface area contributed by atoms with Gasteiger partial charge < -0.3 is 40.4 Å². The van der Waals surface area contributed by atoms with E-state index in [2.05, 4.69) is 25.8 Å². The van der Waals surface area contributed by atoms with Gasteiger partial charge in [0.1, 0.15) is 17.9 Å². The topological polar surface area (TPSA) is 161 Å². The summed E-state index contributed by atoms with van der Waals surface area (Å²) in [6, 6.07) is 14.8. The van der Waals surface area contributed by atoms with Crippen molar-refractivity contribution in [3.05, 3.63) is 72.1 Å². The zero-order chi connectivity index (χ0) is 29.4. The number of rotatable bonds is 14. The van der Waals surface area contributed by atoms with Crippen LogP contribution in [-0.4, -0.2) is 82.3 Å². The van der Waals surface area contributed by atoms with Crippen LogP contribution >= 0.6 is 0 Å². The summed E-state index contributed by atoms with van der Waals surface area (Å²) in [6.07, 6.45) is 1.55. The Balaban J connectivity index is 1.43. The number of aromatic nitrogens is 2. The Morgan fingerprint density at radius 3 is 2.20 bits per heavy atom. The zero-order valence-electron chi connectivity index (χ0n) is 23.4. The molecule has 2 amide bonds. The molecule has 0 aliphatic carbocycles. The lowest BCUT2D eigenvalue weighted by molar-refractivity contribution is -0.131. The quantitative estimate of drug-likeness (QED) is 0.102. The first kappa shape index (κ1) is 29.8. The SMILES string of the molecule is CO[C@@H](C)/C(=N/OCC(=O)N[C@@H](Cc1c[nH]c2ccccc12)C(=O)NCCc1c[nH]c2ccccc12)[C@@H](O)[C@@H](C)O. The van der Waals surface area contributed by atoms with Crippen LogP contribution in [0.2, 0.25) is 0 Å². The molecule has 2 aromatic heterocycles. The third-order valence-electron chi connectivity index (χ3n) is 7.01. The molecular weight excluding hydrogens is 526 g/mol. The molecule has 0 saturated carbocycles. The van der Waals surface area contributed by atoms with Crippen LogP contribution < -0.4 is 10.6 Å². The first-order valence-electron chi connectivity index (χ1n) is 13.5. The predicted octanol–water partition coefficient (Wildman–Crippen LogP) is 2.18. The third kappa shape index (κ3) is 7.51. The number of hydrogen-bond donors (Lipinski definition) is 6. The summed E-state index contributed by atoms with van der Waals surface area (Å²) >= 11 is 0. The molecular formula is C30H37N5O6. The van der Waals surface area contributed by atoms with Crippen LogP contribution in [0.3, 0.4) is 0 Å². The Morgan fingerprint density at radius 2 is 1.56 bits per heavy atom. The number of methoxy groups -OCH3 is 1. The van der Waals surface area contributed by atoms with Gasteiger partial charge in [0.05, 0.1) is 12.2 Å². The first-order valence-corrected chi connectivity index (χ1v) is 13.5. The number of aliphatic hydroxyl groups is 2.